The molecule has 0 unspecified atom stereocenters. The summed E-state index contributed by atoms with van der Waals surface area (Å²) in [7, 11) is 0. The second kappa shape index (κ2) is 7.49. The van der Waals surface area contributed by atoms with E-state index in [0.717, 1.165) is 26.4 Å². The number of fused-ring (bicyclic) bond motifs is 1. The molecule has 0 aliphatic carbocycles. The van der Waals surface area contributed by atoms with Gasteiger partial charge in [0.1, 0.15) is 16.5 Å². The third-order valence-corrected chi connectivity index (χ3v) is 6.23. The zero-order valence-corrected chi connectivity index (χ0v) is 17.1. The van der Waals surface area contributed by atoms with Crippen LogP contribution in [0, 0.1) is 19.7 Å². The molecule has 0 atom stereocenters. The van der Waals surface area contributed by atoms with Gasteiger partial charge in [0.2, 0.25) is 0 Å². The number of thiophene rings is 1. The number of aromatic nitrogens is 2. The Bertz CT molecular complexity index is 1230. The van der Waals surface area contributed by atoms with Crippen molar-refractivity contribution in [3.8, 4) is 0 Å². The Labute approximate surface area is 171 Å². The van der Waals surface area contributed by atoms with Gasteiger partial charge in [-0.2, -0.15) is 0 Å². The average molecular weight is 413 g/mol. The average Bonchev–Trinajstić information content (AvgIpc) is 2.94. The van der Waals surface area contributed by atoms with Crippen molar-refractivity contribution in [1.29, 1.82) is 0 Å². The van der Waals surface area contributed by atoms with E-state index < -0.39 is 0 Å². The molecule has 0 aliphatic rings. The number of aryl methyl sites for hydroxylation is 2. The van der Waals surface area contributed by atoms with E-state index in [-0.39, 0.29) is 17.9 Å². The maximum absolute atomic E-state index is 13.7. The molecule has 0 saturated heterocycles. The molecule has 2 aromatic heterocycles. The van der Waals surface area contributed by atoms with Gasteiger partial charge >= 0.3 is 0 Å². The highest BCUT2D eigenvalue weighted by atomic mass is 35.5. The molecule has 0 N–H and O–H groups in total. The van der Waals surface area contributed by atoms with Crippen molar-refractivity contribution in [3.63, 3.8) is 0 Å². The van der Waals surface area contributed by atoms with E-state index in [9.17, 15) is 9.18 Å². The van der Waals surface area contributed by atoms with E-state index in [1.54, 1.807) is 10.6 Å². The Morgan fingerprint density at radius 1 is 1.11 bits per heavy atom. The quantitative estimate of drug-likeness (QED) is 0.443. The maximum atomic E-state index is 13.7. The lowest BCUT2D eigenvalue weighted by Gasteiger charge is -2.13. The third kappa shape index (κ3) is 3.60. The van der Waals surface area contributed by atoms with Crippen LogP contribution in [-0.2, 0) is 13.0 Å². The molecule has 2 aromatic carbocycles. The second-order valence-corrected chi connectivity index (χ2v) is 8.46. The lowest BCUT2D eigenvalue weighted by molar-refractivity contribution is 0.620. The standard InChI is InChI=1S/C22H18ClFN2OS/c1-13-14(2)28-21-20(13)22(27)26(12-16-4-3-5-18(24)10-16)19(25-21)11-15-6-8-17(23)9-7-15/h3-10H,11-12H2,1-2H3. The Hall–Kier alpha value is -2.50. The number of hydrogen-bond donors (Lipinski definition) is 0. The van der Waals surface area contributed by atoms with E-state index >= 15 is 0 Å². The highest BCUT2D eigenvalue weighted by molar-refractivity contribution is 7.18. The molecule has 6 heteroatoms. The van der Waals surface area contributed by atoms with Crippen molar-refractivity contribution in [2.24, 2.45) is 0 Å². The molecule has 4 aromatic rings. The van der Waals surface area contributed by atoms with Crippen molar-refractivity contribution in [3.05, 3.63) is 97.1 Å². The van der Waals surface area contributed by atoms with E-state index in [2.05, 4.69) is 0 Å². The lowest BCUT2D eigenvalue weighted by atomic mass is 10.1. The highest BCUT2D eigenvalue weighted by Crippen LogP contribution is 2.27. The first-order chi connectivity index (χ1) is 13.4. The summed E-state index contributed by atoms with van der Waals surface area (Å²) in [5.74, 6) is 0.340. The van der Waals surface area contributed by atoms with Gasteiger partial charge in [-0.15, -0.1) is 11.3 Å². The normalized spacial score (nSPS) is 11.3. The fraction of sp³-hybridized carbons (Fsp3) is 0.182. The van der Waals surface area contributed by atoms with Crippen LogP contribution in [0.15, 0.2) is 53.3 Å². The monoisotopic (exact) mass is 412 g/mol. The summed E-state index contributed by atoms with van der Waals surface area (Å²) in [6.45, 7) is 4.22. The van der Waals surface area contributed by atoms with Crippen LogP contribution in [0.4, 0.5) is 4.39 Å². The Kier molecular flexibility index (Phi) is 5.04. The summed E-state index contributed by atoms with van der Waals surface area (Å²) < 4.78 is 15.3. The maximum Gasteiger partial charge on any atom is 0.262 e. The van der Waals surface area contributed by atoms with Gasteiger partial charge in [0.25, 0.3) is 5.56 Å². The Morgan fingerprint density at radius 3 is 2.57 bits per heavy atom. The molecular weight excluding hydrogens is 395 g/mol. The van der Waals surface area contributed by atoms with Crippen molar-refractivity contribution < 1.29 is 4.39 Å². The summed E-state index contributed by atoms with van der Waals surface area (Å²) in [5, 5.41) is 1.31. The number of hydrogen-bond acceptors (Lipinski definition) is 3. The molecule has 0 bridgehead atoms. The predicted octanol–water partition coefficient (Wildman–Crippen LogP) is 5.51. The molecule has 0 radical (unpaired) electrons. The second-order valence-electron chi connectivity index (χ2n) is 6.82. The van der Waals surface area contributed by atoms with Crippen LogP contribution in [0.2, 0.25) is 5.02 Å². The molecule has 0 amide bonds. The minimum absolute atomic E-state index is 0.0833. The van der Waals surface area contributed by atoms with E-state index in [4.69, 9.17) is 16.6 Å². The predicted molar refractivity (Wildman–Crippen MR) is 113 cm³/mol. The SMILES string of the molecule is Cc1sc2nc(Cc3ccc(Cl)cc3)n(Cc3cccc(F)c3)c(=O)c2c1C. The van der Waals surface area contributed by atoms with Gasteiger partial charge in [-0.05, 0) is 54.8 Å². The smallest absolute Gasteiger partial charge is 0.262 e. The van der Waals surface area contributed by atoms with Crippen LogP contribution in [0.5, 0.6) is 0 Å². The largest absolute Gasteiger partial charge is 0.291 e. The molecule has 2 heterocycles. The van der Waals surface area contributed by atoms with Crippen LogP contribution in [-0.4, -0.2) is 9.55 Å². The lowest BCUT2D eigenvalue weighted by Crippen LogP contribution is -2.26. The van der Waals surface area contributed by atoms with Crippen molar-refractivity contribution in [1.82, 2.24) is 9.55 Å². The zero-order valence-electron chi connectivity index (χ0n) is 15.5. The first-order valence-electron chi connectivity index (χ1n) is 8.90. The zero-order chi connectivity index (χ0) is 19.8. The summed E-state index contributed by atoms with van der Waals surface area (Å²) in [6.07, 6.45) is 0.494. The van der Waals surface area contributed by atoms with Gasteiger partial charge in [-0.1, -0.05) is 35.9 Å². The van der Waals surface area contributed by atoms with E-state index in [1.807, 2.05) is 44.2 Å². The molecule has 0 saturated carbocycles. The third-order valence-electron chi connectivity index (χ3n) is 4.87. The van der Waals surface area contributed by atoms with Crippen LogP contribution < -0.4 is 5.56 Å². The molecule has 28 heavy (non-hydrogen) atoms. The van der Waals surface area contributed by atoms with Gasteiger partial charge in [-0.3, -0.25) is 9.36 Å². The Morgan fingerprint density at radius 2 is 1.86 bits per heavy atom. The molecule has 0 fully saturated rings. The molecule has 0 aliphatic heterocycles. The van der Waals surface area contributed by atoms with E-state index in [0.29, 0.717) is 22.7 Å². The number of halogens is 2. The number of nitrogens with zero attached hydrogens (tertiary/aromatic N) is 2. The van der Waals surface area contributed by atoms with Crippen molar-refractivity contribution in [2.45, 2.75) is 26.8 Å². The summed E-state index contributed by atoms with van der Waals surface area (Å²) in [6, 6.07) is 13.8. The summed E-state index contributed by atoms with van der Waals surface area (Å²) in [5.41, 5.74) is 2.61. The fourth-order valence-electron chi connectivity index (χ4n) is 3.27. The van der Waals surface area contributed by atoms with Gasteiger partial charge in [0, 0.05) is 16.3 Å². The Balaban J connectivity index is 1.88. The van der Waals surface area contributed by atoms with Crippen LogP contribution >= 0.6 is 22.9 Å². The minimum Gasteiger partial charge on any atom is -0.291 e. The molecular formula is C22H18ClFN2OS. The van der Waals surface area contributed by atoms with Crippen molar-refractivity contribution in [2.75, 3.05) is 0 Å². The van der Waals surface area contributed by atoms with Gasteiger partial charge < -0.3 is 0 Å². The summed E-state index contributed by atoms with van der Waals surface area (Å²) in [4.78, 5) is 20.0. The number of rotatable bonds is 4. The molecule has 4 rings (SSSR count). The van der Waals surface area contributed by atoms with Crippen LogP contribution in [0.3, 0.4) is 0 Å². The summed E-state index contributed by atoms with van der Waals surface area (Å²) >= 11 is 7.52. The van der Waals surface area contributed by atoms with E-state index in [1.165, 1.54) is 23.5 Å². The van der Waals surface area contributed by atoms with Gasteiger partial charge in [0.05, 0.1) is 11.9 Å². The fourth-order valence-corrected chi connectivity index (χ4v) is 4.43. The molecule has 142 valence electrons. The van der Waals surface area contributed by atoms with Crippen LogP contribution in [0.25, 0.3) is 10.2 Å². The molecule has 0 spiro atoms. The topological polar surface area (TPSA) is 34.9 Å². The van der Waals surface area contributed by atoms with Crippen LogP contribution in [0.1, 0.15) is 27.4 Å². The first kappa shape index (κ1) is 18.8. The number of benzene rings is 2. The minimum atomic E-state index is -0.318. The first-order valence-corrected chi connectivity index (χ1v) is 10.1. The molecule has 3 nitrogen and oxygen atoms in total. The van der Waals surface area contributed by atoms with Gasteiger partial charge in [0.15, 0.2) is 0 Å². The van der Waals surface area contributed by atoms with Gasteiger partial charge in [-0.25, -0.2) is 9.37 Å². The highest BCUT2D eigenvalue weighted by Gasteiger charge is 2.17. The van der Waals surface area contributed by atoms with Crippen molar-refractivity contribution >= 4 is 33.2 Å².